The fourth-order valence-electron chi connectivity index (χ4n) is 2.58. The van der Waals surface area contributed by atoms with Crippen molar-refractivity contribution < 1.29 is 18.7 Å². The van der Waals surface area contributed by atoms with E-state index in [1.807, 2.05) is 6.92 Å². The van der Waals surface area contributed by atoms with Gasteiger partial charge in [-0.25, -0.2) is 4.39 Å². The van der Waals surface area contributed by atoms with Gasteiger partial charge in [-0.3, -0.25) is 9.59 Å². The summed E-state index contributed by atoms with van der Waals surface area (Å²) in [5.41, 5.74) is 1.45. The van der Waals surface area contributed by atoms with Crippen molar-refractivity contribution in [1.82, 2.24) is 0 Å². The van der Waals surface area contributed by atoms with Crippen molar-refractivity contribution in [2.24, 2.45) is 0 Å². The lowest BCUT2D eigenvalue weighted by Gasteiger charge is -2.09. The lowest BCUT2D eigenvalue weighted by atomic mass is 10.1. The van der Waals surface area contributed by atoms with Gasteiger partial charge in [-0.2, -0.15) is 0 Å². The highest BCUT2D eigenvalue weighted by molar-refractivity contribution is 9.10. The largest absolute Gasteiger partial charge is 0.494 e. The van der Waals surface area contributed by atoms with Crippen LogP contribution in [-0.4, -0.2) is 18.4 Å². The lowest BCUT2D eigenvalue weighted by Crippen LogP contribution is -2.14. The van der Waals surface area contributed by atoms with Crippen LogP contribution in [0.5, 0.6) is 5.75 Å². The second-order valence-corrected chi connectivity index (χ2v) is 6.98. The van der Waals surface area contributed by atoms with Crippen LogP contribution in [0.15, 0.2) is 71.2 Å². The van der Waals surface area contributed by atoms with Gasteiger partial charge in [0.25, 0.3) is 11.8 Å². The van der Waals surface area contributed by atoms with Crippen molar-refractivity contribution in [1.29, 1.82) is 0 Å². The fourth-order valence-corrected chi connectivity index (χ4v) is 2.91. The molecule has 3 rings (SSSR count). The maximum Gasteiger partial charge on any atom is 0.258 e. The van der Waals surface area contributed by atoms with E-state index in [0.29, 0.717) is 28.0 Å². The van der Waals surface area contributed by atoms with Crippen LogP contribution in [0.2, 0.25) is 0 Å². The normalized spacial score (nSPS) is 10.3. The third-order valence-electron chi connectivity index (χ3n) is 4.00. The van der Waals surface area contributed by atoms with Crippen LogP contribution in [0.25, 0.3) is 0 Å². The number of ether oxygens (including phenoxy) is 1. The third-order valence-corrected chi connectivity index (χ3v) is 4.50. The Hall–Kier alpha value is -3.19. The summed E-state index contributed by atoms with van der Waals surface area (Å²) in [6, 6.07) is 17.6. The number of nitrogens with one attached hydrogen (secondary N) is 2. The monoisotopic (exact) mass is 456 g/mol. The summed E-state index contributed by atoms with van der Waals surface area (Å²) in [4.78, 5) is 24.6. The van der Waals surface area contributed by atoms with Gasteiger partial charge in [-0.05, 0) is 73.7 Å². The minimum Gasteiger partial charge on any atom is -0.494 e. The van der Waals surface area contributed by atoms with Crippen LogP contribution in [0.1, 0.15) is 27.6 Å². The van der Waals surface area contributed by atoms with E-state index in [2.05, 4.69) is 26.6 Å². The molecule has 0 radical (unpaired) electrons. The molecule has 0 aliphatic rings. The van der Waals surface area contributed by atoms with Crippen LogP contribution in [0.4, 0.5) is 15.8 Å². The van der Waals surface area contributed by atoms with E-state index in [9.17, 15) is 14.0 Å². The van der Waals surface area contributed by atoms with Crippen molar-refractivity contribution in [3.05, 3.63) is 88.1 Å². The van der Waals surface area contributed by atoms with Crippen LogP contribution in [0.3, 0.4) is 0 Å². The summed E-state index contributed by atoms with van der Waals surface area (Å²) < 4.78 is 19.8. The third kappa shape index (κ3) is 5.42. The molecule has 0 aliphatic heterocycles. The van der Waals surface area contributed by atoms with E-state index < -0.39 is 11.7 Å². The van der Waals surface area contributed by atoms with Crippen molar-refractivity contribution in [3.63, 3.8) is 0 Å². The topological polar surface area (TPSA) is 67.4 Å². The average molecular weight is 457 g/mol. The number of hydrogen-bond acceptors (Lipinski definition) is 3. The van der Waals surface area contributed by atoms with Gasteiger partial charge >= 0.3 is 0 Å². The number of hydrogen-bond donors (Lipinski definition) is 2. The molecule has 7 heteroatoms. The Balaban J connectivity index is 1.63. The Morgan fingerprint density at radius 1 is 0.897 bits per heavy atom. The molecule has 0 unspecified atom stereocenters. The molecular weight excluding hydrogens is 439 g/mol. The zero-order valence-electron chi connectivity index (χ0n) is 15.5. The maximum atomic E-state index is 13.9. The second-order valence-electron chi connectivity index (χ2n) is 6.07. The molecule has 0 fully saturated rings. The number of carbonyl (C=O) groups is 2. The van der Waals surface area contributed by atoms with Gasteiger partial charge in [-0.1, -0.05) is 15.9 Å². The van der Waals surface area contributed by atoms with E-state index >= 15 is 0 Å². The molecule has 0 saturated carbocycles. The summed E-state index contributed by atoms with van der Waals surface area (Å²) >= 11 is 3.15. The predicted octanol–water partition coefficient (Wildman–Crippen LogP) is 5.49. The van der Waals surface area contributed by atoms with Gasteiger partial charge in [0, 0.05) is 21.4 Å². The first kappa shape index (κ1) is 20.5. The number of carbonyl (C=O) groups excluding carboxylic acids is 2. The van der Waals surface area contributed by atoms with Crippen molar-refractivity contribution in [2.45, 2.75) is 6.92 Å². The minimum atomic E-state index is -0.622. The molecule has 3 aromatic rings. The van der Waals surface area contributed by atoms with E-state index in [4.69, 9.17) is 4.74 Å². The number of rotatable bonds is 6. The molecule has 5 nitrogen and oxygen atoms in total. The molecular formula is C22H18BrFN2O3. The fraction of sp³-hybridized carbons (Fsp3) is 0.0909. The van der Waals surface area contributed by atoms with Crippen molar-refractivity contribution in [3.8, 4) is 5.75 Å². The zero-order valence-corrected chi connectivity index (χ0v) is 17.1. The number of benzene rings is 3. The van der Waals surface area contributed by atoms with E-state index in [-0.39, 0.29) is 11.5 Å². The van der Waals surface area contributed by atoms with Crippen LogP contribution >= 0.6 is 15.9 Å². The van der Waals surface area contributed by atoms with E-state index in [0.717, 1.165) is 5.75 Å². The molecule has 2 N–H and O–H groups in total. The Bertz CT molecular complexity index is 1020. The summed E-state index contributed by atoms with van der Waals surface area (Å²) in [7, 11) is 0. The molecule has 0 atom stereocenters. The Morgan fingerprint density at radius 3 is 2.07 bits per heavy atom. The molecule has 0 heterocycles. The highest BCUT2D eigenvalue weighted by atomic mass is 79.9. The first-order valence-corrected chi connectivity index (χ1v) is 9.66. The van der Waals surface area contributed by atoms with E-state index in [1.165, 1.54) is 12.1 Å². The second kappa shape index (κ2) is 9.34. The maximum absolute atomic E-state index is 13.9. The van der Waals surface area contributed by atoms with Crippen molar-refractivity contribution >= 4 is 39.1 Å². The standard InChI is InChI=1S/C22H18BrFN2O3/c1-2-29-18-10-8-17(9-11-18)25-21(27)14-3-6-16(7-4-14)26-22(28)19-12-5-15(23)13-20(19)24/h3-13H,2H2,1H3,(H,25,27)(H,26,28). The van der Waals surface area contributed by atoms with Crippen LogP contribution in [0, 0.1) is 5.82 Å². The molecule has 0 aromatic heterocycles. The van der Waals surface area contributed by atoms with Crippen molar-refractivity contribution in [2.75, 3.05) is 17.2 Å². The van der Waals surface area contributed by atoms with Gasteiger partial charge in [0.1, 0.15) is 11.6 Å². The molecule has 29 heavy (non-hydrogen) atoms. The summed E-state index contributed by atoms with van der Waals surface area (Å²) in [5.74, 6) is -0.747. The smallest absolute Gasteiger partial charge is 0.258 e. The first-order chi connectivity index (χ1) is 14.0. The Morgan fingerprint density at radius 2 is 1.48 bits per heavy atom. The summed E-state index contributed by atoms with van der Waals surface area (Å²) in [5, 5.41) is 5.40. The molecule has 2 amide bonds. The number of halogens is 2. The molecule has 0 bridgehead atoms. The van der Waals surface area contributed by atoms with E-state index in [1.54, 1.807) is 54.6 Å². The molecule has 148 valence electrons. The SMILES string of the molecule is CCOc1ccc(NC(=O)c2ccc(NC(=O)c3ccc(Br)cc3F)cc2)cc1. The van der Waals surface area contributed by atoms with Gasteiger partial charge < -0.3 is 15.4 Å². The predicted molar refractivity (Wildman–Crippen MR) is 114 cm³/mol. The Kier molecular flexibility index (Phi) is 6.61. The summed E-state index contributed by atoms with van der Waals surface area (Å²) in [6.45, 7) is 2.47. The lowest BCUT2D eigenvalue weighted by molar-refractivity contribution is 0.101. The quantitative estimate of drug-likeness (QED) is 0.515. The number of anilines is 2. The molecule has 3 aromatic carbocycles. The first-order valence-electron chi connectivity index (χ1n) is 8.87. The Labute approximate surface area is 176 Å². The highest BCUT2D eigenvalue weighted by Gasteiger charge is 2.13. The molecule has 0 saturated heterocycles. The van der Waals surface area contributed by atoms with Crippen LogP contribution in [-0.2, 0) is 0 Å². The highest BCUT2D eigenvalue weighted by Crippen LogP contribution is 2.19. The molecule has 0 spiro atoms. The average Bonchev–Trinajstić information content (AvgIpc) is 2.70. The van der Waals surface area contributed by atoms with Gasteiger partial charge in [0.15, 0.2) is 0 Å². The zero-order chi connectivity index (χ0) is 20.8. The van der Waals surface area contributed by atoms with Gasteiger partial charge in [0.05, 0.1) is 12.2 Å². The molecule has 0 aliphatic carbocycles. The van der Waals surface area contributed by atoms with Gasteiger partial charge in [-0.15, -0.1) is 0 Å². The van der Waals surface area contributed by atoms with Gasteiger partial charge in [0.2, 0.25) is 0 Å². The summed E-state index contributed by atoms with van der Waals surface area (Å²) in [6.07, 6.45) is 0. The van der Waals surface area contributed by atoms with Crippen LogP contribution < -0.4 is 15.4 Å². The minimum absolute atomic E-state index is 0.0643. The number of amides is 2.